The maximum Gasteiger partial charge on any atom is 0.305 e. The fourth-order valence-electron chi connectivity index (χ4n) is 4.14. The van der Waals surface area contributed by atoms with Crippen molar-refractivity contribution >= 4 is 23.4 Å². The zero-order valence-corrected chi connectivity index (χ0v) is 22.8. The van der Waals surface area contributed by atoms with Crippen LogP contribution in [0.15, 0.2) is 85.3 Å². The number of nitrogen functional groups attached to an aromatic ring is 1. The molecule has 3 aromatic carbocycles. The number of methoxy groups -OCH3 is 1. The highest BCUT2D eigenvalue weighted by atomic mass is 16.6. The number of benzene rings is 3. The number of aromatic amines is 1. The molecule has 0 bridgehead atoms. The minimum Gasteiger partial charge on any atom is -0.493 e. The SMILES string of the molecule is COc1cc([C@](Nc2ccc(C(=N)N)cc2)(OC(C)=O)C(=O)NCCc2cnc[nH]2)ccc1OCc1ccccc1. The number of nitrogens with two attached hydrogens (primary N) is 1. The zero-order chi connectivity index (χ0) is 29.2. The number of anilines is 1. The second kappa shape index (κ2) is 13.2. The van der Waals surface area contributed by atoms with Gasteiger partial charge in [0.1, 0.15) is 12.4 Å². The zero-order valence-electron chi connectivity index (χ0n) is 22.8. The lowest BCUT2D eigenvalue weighted by Crippen LogP contribution is -2.53. The Morgan fingerprint density at radius 3 is 2.44 bits per heavy atom. The third-order valence-electron chi connectivity index (χ3n) is 6.17. The molecule has 0 aliphatic heterocycles. The van der Waals surface area contributed by atoms with E-state index in [-0.39, 0.29) is 12.4 Å². The van der Waals surface area contributed by atoms with Crippen molar-refractivity contribution in [2.24, 2.45) is 5.73 Å². The normalized spacial score (nSPS) is 12.0. The van der Waals surface area contributed by atoms with Crippen LogP contribution in [0.3, 0.4) is 0 Å². The van der Waals surface area contributed by atoms with Gasteiger partial charge in [0.05, 0.1) is 13.4 Å². The van der Waals surface area contributed by atoms with E-state index < -0.39 is 17.6 Å². The highest BCUT2D eigenvalue weighted by molar-refractivity contribution is 5.95. The van der Waals surface area contributed by atoms with E-state index in [0.717, 1.165) is 11.3 Å². The summed E-state index contributed by atoms with van der Waals surface area (Å²) < 4.78 is 17.4. The topological polar surface area (TPSA) is 164 Å². The van der Waals surface area contributed by atoms with Crippen LogP contribution in [0.5, 0.6) is 11.5 Å². The molecule has 11 nitrogen and oxygen atoms in total. The number of carbonyl (C=O) groups excluding carboxylic acids is 2. The van der Waals surface area contributed by atoms with E-state index in [2.05, 4.69) is 20.6 Å². The summed E-state index contributed by atoms with van der Waals surface area (Å²) in [6, 6.07) is 21.1. The van der Waals surface area contributed by atoms with E-state index in [1.165, 1.54) is 14.0 Å². The van der Waals surface area contributed by atoms with Crippen molar-refractivity contribution < 1.29 is 23.8 Å². The van der Waals surface area contributed by atoms with Crippen LogP contribution in [0.4, 0.5) is 5.69 Å². The molecule has 0 radical (unpaired) electrons. The molecule has 0 saturated carbocycles. The Morgan fingerprint density at radius 2 is 1.80 bits per heavy atom. The van der Waals surface area contributed by atoms with Crippen molar-refractivity contribution in [3.8, 4) is 11.5 Å². The molecule has 212 valence electrons. The van der Waals surface area contributed by atoms with Crippen molar-refractivity contribution in [2.75, 3.05) is 19.0 Å². The number of aromatic nitrogens is 2. The first-order valence-corrected chi connectivity index (χ1v) is 12.8. The lowest BCUT2D eigenvalue weighted by molar-refractivity contribution is -0.165. The molecule has 1 heterocycles. The van der Waals surface area contributed by atoms with Gasteiger partial charge >= 0.3 is 5.97 Å². The van der Waals surface area contributed by atoms with Crippen LogP contribution in [0, 0.1) is 5.41 Å². The van der Waals surface area contributed by atoms with Crippen molar-refractivity contribution in [3.63, 3.8) is 0 Å². The lowest BCUT2D eigenvalue weighted by atomic mass is 9.99. The average molecular weight is 557 g/mol. The first-order valence-electron chi connectivity index (χ1n) is 12.8. The second-order valence-electron chi connectivity index (χ2n) is 9.11. The predicted molar refractivity (Wildman–Crippen MR) is 154 cm³/mol. The summed E-state index contributed by atoms with van der Waals surface area (Å²) in [7, 11) is 1.49. The molecule has 1 aromatic heterocycles. The highest BCUT2D eigenvalue weighted by Gasteiger charge is 2.45. The minimum absolute atomic E-state index is 0.102. The van der Waals surface area contributed by atoms with E-state index >= 15 is 0 Å². The molecule has 0 spiro atoms. The Hall–Kier alpha value is -5.32. The van der Waals surface area contributed by atoms with Crippen molar-refractivity contribution in [1.29, 1.82) is 5.41 Å². The molecule has 11 heteroatoms. The van der Waals surface area contributed by atoms with Crippen molar-refractivity contribution in [2.45, 2.75) is 25.7 Å². The Morgan fingerprint density at radius 1 is 1.05 bits per heavy atom. The summed E-state index contributed by atoms with van der Waals surface area (Å²) in [5.41, 5.74) is 6.66. The summed E-state index contributed by atoms with van der Waals surface area (Å²) in [5.74, 6) is -0.612. The summed E-state index contributed by atoms with van der Waals surface area (Å²) in [4.78, 5) is 33.3. The van der Waals surface area contributed by atoms with Gasteiger partial charge in [-0.1, -0.05) is 30.3 Å². The van der Waals surface area contributed by atoms with Crippen LogP contribution in [0.25, 0.3) is 0 Å². The Labute approximate surface area is 237 Å². The van der Waals surface area contributed by atoms with E-state index in [1.54, 1.807) is 55.0 Å². The Bertz CT molecular complexity index is 1480. The van der Waals surface area contributed by atoms with Crippen LogP contribution in [0.2, 0.25) is 0 Å². The molecule has 0 saturated heterocycles. The molecule has 0 fully saturated rings. The number of ether oxygens (including phenoxy) is 3. The monoisotopic (exact) mass is 556 g/mol. The quantitative estimate of drug-likeness (QED) is 0.0723. The number of imidazole rings is 1. The van der Waals surface area contributed by atoms with Gasteiger partial charge in [-0.3, -0.25) is 15.0 Å². The van der Waals surface area contributed by atoms with Gasteiger partial charge in [0, 0.05) is 48.6 Å². The van der Waals surface area contributed by atoms with Crippen molar-refractivity contribution in [1.82, 2.24) is 15.3 Å². The first kappa shape index (κ1) is 28.7. The summed E-state index contributed by atoms with van der Waals surface area (Å²) >= 11 is 0. The van der Waals surface area contributed by atoms with Crippen LogP contribution in [0.1, 0.15) is 29.3 Å². The van der Waals surface area contributed by atoms with Gasteiger partial charge in [0.2, 0.25) is 0 Å². The molecule has 41 heavy (non-hydrogen) atoms. The van der Waals surface area contributed by atoms with Gasteiger partial charge in [-0.25, -0.2) is 4.98 Å². The number of nitrogens with zero attached hydrogens (tertiary/aromatic N) is 1. The molecule has 0 aliphatic rings. The van der Waals surface area contributed by atoms with Gasteiger partial charge in [0.15, 0.2) is 11.5 Å². The highest BCUT2D eigenvalue weighted by Crippen LogP contribution is 2.36. The lowest BCUT2D eigenvalue weighted by Gasteiger charge is -2.34. The largest absolute Gasteiger partial charge is 0.493 e. The number of hydrogen-bond donors (Lipinski definition) is 5. The number of hydrogen-bond acceptors (Lipinski definition) is 8. The van der Waals surface area contributed by atoms with Gasteiger partial charge in [-0.15, -0.1) is 0 Å². The number of rotatable bonds is 13. The Kier molecular flexibility index (Phi) is 9.20. The minimum atomic E-state index is -1.98. The molecule has 1 amide bonds. The number of amidine groups is 1. The van der Waals surface area contributed by atoms with E-state index in [0.29, 0.717) is 41.3 Å². The number of H-pyrrole nitrogens is 1. The van der Waals surface area contributed by atoms with E-state index in [4.69, 9.17) is 25.4 Å². The fourth-order valence-corrected chi connectivity index (χ4v) is 4.14. The number of nitrogens with one attached hydrogen (secondary N) is 4. The smallest absolute Gasteiger partial charge is 0.305 e. The van der Waals surface area contributed by atoms with E-state index in [9.17, 15) is 9.59 Å². The maximum atomic E-state index is 13.9. The first-order chi connectivity index (χ1) is 19.8. The molecule has 0 unspecified atom stereocenters. The summed E-state index contributed by atoms with van der Waals surface area (Å²) in [6.07, 6.45) is 3.70. The number of amides is 1. The fraction of sp³-hybridized carbons (Fsp3) is 0.200. The van der Waals surface area contributed by atoms with Gasteiger partial charge in [-0.2, -0.15) is 0 Å². The molecular formula is C30H32N6O5. The average Bonchev–Trinajstić information content (AvgIpc) is 3.49. The number of esters is 1. The van der Waals surface area contributed by atoms with Crippen LogP contribution >= 0.6 is 0 Å². The third kappa shape index (κ3) is 7.21. The molecule has 4 rings (SSSR count). The maximum absolute atomic E-state index is 13.9. The third-order valence-corrected chi connectivity index (χ3v) is 6.17. The molecular weight excluding hydrogens is 524 g/mol. The molecule has 4 aromatic rings. The van der Waals surface area contributed by atoms with Crippen LogP contribution in [-0.4, -0.2) is 41.3 Å². The van der Waals surface area contributed by atoms with Gasteiger partial charge < -0.3 is 35.6 Å². The summed E-state index contributed by atoms with van der Waals surface area (Å²) in [5, 5.41) is 13.6. The number of carbonyl (C=O) groups is 2. The van der Waals surface area contributed by atoms with Crippen LogP contribution < -0.4 is 25.8 Å². The predicted octanol–water partition coefficient (Wildman–Crippen LogP) is 3.47. The van der Waals surface area contributed by atoms with Gasteiger partial charge in [-0.05, 0) is 48.0 Å². The molecule has 0 aliphatic carbocycles. The molecule has 6 N–H and O–H groups in total. The standard InChI is InChI=1S/C30H32N6O5/c1-20(37)41-30(29(38)34-15-14-25-17-33-19-35-25,36-24-11-8-22(9-12-24)28(31)32)23-10-13-26(27(16-23)39-2)40-18-21-6-4-3-5-7-21/h3-13,16-17,19,36H,14-15,18H2,1-2H3,(H3,31,32)(H,33,35)(H,34,38)/t30-/m0/s1. The van der Waals surface area contributed by atoms with Crippen LogP contribution in [-0.2, 0) is 33.1 Å². The Balaban J connectivity index is 1.70. The van der Waals surface area contributed by atoms with Crippen molar-refractivity contribution in [3.05, 3.63) is 108 Å². The second-order valence-corrected chi connectivity index (χ2v) is 9.11. The summed E-state index contributed by atoms with van der Waals surface area (Å²) in [6.45, 7) is 1.77. The molecule has 1 atom stereocenters. The van der Waals surface area contributed by atoms with E-state index in [1.807, 2.05) is 30.3 Å². The van der Waals surface area contributed by atoms with Gasteiger partial charge in [0.25, 0.3) is 11.6 Å².